The Bertz CT molecular complexity index is 1130. The van der Waals surface area contributed by atoms with Crippen LogP contribution in [0.4, 0.5) is 21.4 Å². The molecule has 3 N–H and O–H groups in total. The Balaban J connectivity index is 1.09. The van der Waals surface area contributed by atoms with Gasteiger partial charge in [0.05, 0.1) is 10.6 Å². The van der Waals surface area contributed by atoms with Crippen LogP contribution in [0.3, 0.4) is 0 Å². The highest BCUT2D eigenvalue weighted by Crippen LogP contribution is 2.34. The topological polar surface area (TPSA) is 95.1 Å². The quantitative estimate of drug-likeness (QED) is 0.410. The summed E-state index contributed by atoms with van der Waals surface area (Å²) in [7, 11) is 0. The number of carbonyl (C=O) groups excluding carboxylic acids is 1. The van der Waals surface area contributed by atoms with Crippen molar-refractivity contribution in [1.29, 1.82) is 0 Å². The number of fused-ring (bicyclic) bond motifs is 1. The van der Waals surface area contributed by atoms with Crippen LogP contribution in [0.2, 0.25) is 0 Å². The SMILES string of the molecule is O=C(Nc1cccc(CN2CCCCC2)c1)Nc1ncc(CCNc2ncnc3c2SCC3)s1. The Morgan fingerprint density at radius 1 is 1.09 bits per heavy atom. The number of likely N-dealkylation sites (tertiary alicyclic amines) is 1. The van der Waals surface area contributed by atoms with Gasteiger partial charge in [-0.05, 0) is 43.6 Å². The van der Waals surface area contributed by atoms with Crippen molar-refractivity contribution in [3.05, 3.63) is 52.9 Å². The second kappa shape index (κ2) is 11.2. The van der Waals surface area contributed by atoms with Crippen molar-refractivity contribution in [2.75, 3.05) is 41.3 Å². The van der Waals surface area contributed by atoms with E-state index < -0.39 is 0 Å². The van der Waals surface area contributed by atoms with Crippen LogP contribution in [0.1, 0.15) is 35.4 Å². The number of amides is 2. The molecule has 1 aromatic carbocycles. The molecule has 0 saturated carbocycles. The number of thioether (sulfide) groups is 1. The van der Waals surface area contributed by atoms with Gasteiger partial charge in [-0.15, -0.1) is 23.1 Å². The minimum absolute atomic E-state index is 0.275. The fraction of sp³-hybridized carbons (Fsp3) is 0.417. The number of piperidine rings is 1. The van der Waals surface area contributed by atoms with Gasteiger partial charge in [0, 0.05) is 48.4 Å². The number of nitrogens with one attached hydrogen (secondary N) is 3. The molecule has 0 bridgehead atoms. The second-order valence-electron chi connectivity index (χ2n) is 8.52. The van der Waals surface area contributed by atoms with E-state index in [1.165, 1.54) is 41.1 Å². The molecule has 8 nitrogen and oxygen atoms in total. The van der Waals surface area contributed by atoms with E-state index in [0.717, 1.165) is 66.8 Å². The molecular formula is C24H29N7OS2. The first kappa shape index (κ1) is 23.1. The van der Waals surface area contributed by atoms with E-state index in [0.29, 0.717) is 5.13 Å². The summed E-state index contributed by atoms with van der Waals surface area (Å²) >= 11 is 3.30. The Morgan fingerprint density at radius 3 is 2.91 bits per heavy atom. The molecule has 1 saturated heterocycles. The van der Waals surface area contributed by atoms with Crippen LogP contribution in [0.5, 0.6) is 0 Å². The van der Waals surface area contributed by atoms with Gasteiger partial charge in [0.2, 0.25) is 0 Å². The smallest absolute Gasteiger partial charge is 0.325 e. The zero-order valence-electron chi connectivity index (χ0n) is 19.0. The van der Waals surface area contributed by atoms with Crippen LogP contribution in [0.15, 0.2) is 41.7 Å². The Labute approximate surface area is 208 Å². The third-order valence-electron chi connectivity index (χ3n) is 5.94. The van der Waals surface area contributed by atoms with Crippen LogP contribution >= 0.6 is 23.1 Å². The summed E-state index contributed by atoms with van der Waals surface area (Å²) in [5.74, 6) is 1.98. The molecule has 0 unspecified atom stereocenters. The number of hydrogen-bond acceptors (Lipinski definition) is 8. The summed E-state index contributed by atoms with van der Waals surface area (Å²) in [6.07, 6.45) is 9.14. The molecular weight excluding hydrogens is 466 g/mol. The molecule has 2 aliphatic heterocycles. The standard InChI is InChI=1S/C24H29N7OS2/c32-23(29-18-6-4-5-17(13-18)15-31-10-2-1-3-11-31)30-24-26-14-19(34-24)7-9-25-22-21-20(8-12-33-21)27-16-28-22/h4-6,13-14,16H,1-3,7-12,15H2,(H,25,27,28)(H2,26,29,30,32). The number of aromatic nitrogens is 3. The molecule has 0 atom stereocenters. The zero-order valence-corrected chi connectivity index (χ0v) is 20.7. The molecule has 0 radical (unpaired) electrons. The van der Waals surface area contributed by atoms with Gasteiger partial charge in [-0.2, -0.15) is 0 Å². The summed E-state index contributed by atoms with van der Waals surface area (Å²) in [6, 6.07) is 7.81. The van der Waals surface area contributed by atoms with Crippen LogP contribution in [0, 0.1) is 0 Å². The van der Waals surface area contributed by atoms with Gasteiger partial charge in [-0.1, -0.05) is 18.6 Å². The molecule has 1 fully saturated rings. The number of thiazole rings is 1. The van der Waals surface area contributed by atoms with Gasteiger partial charge >= 0.3 is 6.03 Å². The molecule has 5 rings (SSSR count). The minimum Gasteiger partial charge on any atom is -0.369 e. The van der Waals surface area contributed by atoms with Crippen LogP contribution in [-0.4, -0.2) is 51.3 Å². The number of nitrogens with zero attached hydrogens (tertiary/aromatic N) is 4. The molecule has 34 heavy (non-hydrogen) atoms. The van der Waals surface area contributed by atoms with E-state index in [-0.39, 0.29) is 6.03 Å². The third kappa shape index (κ3) is 6.05. The maximum atomic E-state index is 12.5. The predicted molar refractivity (Wildman–Crippen MR) is 139 cm³/mol. The highest BCUT2D eigenvalue weighted by Gasteiger charge is 2.17. The fourth-order valence-electron chi connectivity index (χ4n) is 4.28. The molecule has 2 amide bonds. The molecule has 2 aliphatic rings. The summed E-state index contributed by atoms with van der Waals surface area (Å²) in [5, 5.41) is 9.80. The van der Waals surface area contributed by atoms with E-state index in [2.05, 4.69) is 47.9 Å². The molecule has 2 aromatic heterocycles. The third-order valence-corrected chi connectivity index (χ3v) is 8.04. The maximum absolute atomic E-state index is 12.5. The zero-order chi connectivity index (χ0) is 23.2. The molecule has 4 heterocycles. The van der Waals surface area contributed by atoms with E-state index in [9.17, 15) is 4.79 Å². The fourth-order valence-corrected chi connectivity index (χ4v) is 6.17. The van der Waals surface area contributed by atoms with Gasteiger partial charge in [0.25, 0.3) is 0 Å². The number of anilines is 3. The maximum Gasteiger partial charge on any atom is 0.325 e. The van der Waals surface area contributed by atoms with E-state index in [4.69, 9.17) is 0 Å². The van der Waals surface area contributed by atoms with Gasteiger partial charge in [-0.25, -0.2) is 19.7 Å². The predicted octanol–water partition coefficient (Wildman–Crippen LogP) is 4.87. The van der Waals surface area contributed by atoms with Crippen molar-refractivity contribution in [2.24, 2.45) is 0 Å². The Morgan fingerprint density at radius 2 is 2.00 bits per heavy atom. The summed E-state index contributed by atoms with van der Waals surface area (Å²) in [5.41, 5.74) is 3.15. The monoisotopic (exact) mass is 495 g/mol. The number of aryl methyl sites for hydroxylation is 1. The minimum atomic E-state index is -0.275. The summed E-state index contributed by atoms with van der Waals surface area (Å²) in [4.78, 5) is 30.3. The number of carbonyl (C=O) groups is 1. The van der Waals surface area contributed by atoms with Crippen LogP contribution < -0.4 is 16.0 Å². The van der Waals surface area contributed by atoms with E-state index >= 15 is 0 Å². The number of urea groups is 1. The van der Waals surface area contributed by atoms with Crippen molar-refractivity contribution >= 4 is 45.8 Å². The molecule has 0 spiro atoms. The molecule has 3 aromatic rings. The van der Waals surface area contributed by atoms with Gasteiger partial charge in [-0.3, -0.25) is 10.2 Å². The summed E-state index contributed by atoms with van der Waals surface area (Å²) < 4.78 is 0. The van der Waals surface area contributed by atoms with Crippen LogP contribution in [-0.2, 0) is 19.4 Å². The van der Waals surface area contributed by atoms with Crippen molar-refractivity contribution < 1.29 is 4.79 Å². The largest absolute Gasteiger partial charge is 0.369 e. The first-order valence-electron chi connectivity index (χ1n) is 11.8. The lowest BCUT2D eigenvalue weighted by atomic mass is 10.1. The first-order valence-corrected chi connectivity index (χ1v) is 13.6. The first-order chi connectivity index (χ1) is 16.7. The van der Waals surface area contributed by atoms with Crippen molar-refractivity contribution in [3.8, 4) is 0 Å². The lowest BCUT2D eigenvalue weighted by Gasteiger charge is -2.26. The average Bonchev–Trinajstić information content (AvgIpc) is 3.50. The number of hydrogen-bond donors (Lipinski definition) is 3. The van der Waals surface area contributed by atoms with E-state index in [1.54, 1.807) is 6.33 Å². The van der Waals surface area contributed by atoms with Gasteiger partial charge in [0.15, 0.2) is 5.13 Å². The highest BCUT2D eigenvalue weighted by molar-refractivity contribution is 7.99. The second-order valence-corrected chi connectivity index (χ2v) is 10.7. The van der Waals surface area contributed by atoms with E-state index in [1.807, 2.05) is 30.1 Å². The lowest BCUT2D eigenvalue weighted by Crippen LogP contribution is -2.29. The van der Waals surface area contributed by atoms with Gasteiger partial charge < -0.3 is 10.6 Å². The molecule has 178 valence electrons. The lowest BCUT2D eigenvalue weighted by molar-refractivity contribution is 0.221. The van der Waals surface area contributed by atoms with Crippen molar-refractivity contribution in [1.82, 2.24) is 19.9 Å². The van der Waals surface area contributed by atoms with Gasteiger partial charge in [0.1, 0.15) is 12.1 Å². The van der Waals surface area contributed by atoms with Crippen LogP contribution in [0.25, 0.3) is 0 Å². The molecule has 0 aliphatic carbocycles. The summed E-state index contributed by atoms with van der Waals surface area (Å²) in [6.45, 7) is 3.99. The average molecular weight is 496 g/mol. The highest BCUT2D eigenvalue weighted by atomic mass is 32.2. The normalized spacial score (nSPS) is 15.6. The Kier molecular flexibility index (Phi) is 7.57. The Hall–Kier alpha value is -2.69. The van der Waals surface area contributed by atoms with Crippen molar-refractivity contribution in [3.63, 3.8) is 0 Å². The number of benzene rings is 1. The number of rotatable bonds is 8. The molecule has 10 heteroatoms. The van der Waals surface area contributed by atoms with Crippen molar-refractivity contribution in [2.45, 2.75) is 43.5 Å².